The summed E-state index contributed by atoms with van der Waals surface area (Å²) in [4.78, 5) is 39.3. The molecule has 2 atom stereocenters. The van der Waals surface area contributed by atoms with Gasteiger partial charge in [0, 0.05) is 40.8 Å². The van der Waals surface area contributed by atoms with Crippen LogP contribution < -0.4 is 16.6 Å². The van der Waals surface area contributed by atoms with Crippen molar-refractivity contribution in [2.75, 3.05) is 39.8 Å². The zero-order valence-electron chi connectivity index (χ0n) is 20.6. The van der Waals surface area contributed by atoms with Crippen molar-refractivity contribution in [3.63, 3.8) is 0 Å². The molecule has 34 heavy (non-hydrogen) atoms. The first-order chi connectivity index (χ1) is 15.9. The molecule has 2 aromatic rings. The molecule has 2 heterocycles. The van der Waals surface area contributed by atoms with Crippen molar-refractivity contribution in [1.29, 1.82) is 0 Å². The summed E-state index contributed by atoms with van der Waals surface area (Å²) < 4.78 is 29.2. The molecule has 1 saturated heterocycles. The molecule has 11 heteroatoms. The fourth-order valence-corrected chi connectivity index (χ4v) is 5.92. The maximum absolute atomic E-state index is 13.0. The van der Waals surface area contributed by atoms with E-state index in [1.807, 2.05) is 0 Å². The van der Waals surface area contributed by atoms with Gasteiger partial charge in [0.1, 0.15) is 0 Å². The van der Waals surface area contributed by atoms with Gasteiger partial charge in [-0.05, 0) is 49.4 Å². The van der Waals surface area contributed by atoms with Crippen LogP contribution in [0.15, 0.2) is 32.7 Å². The normalized spacial score (nSPS) is 19.6. The molecule has 0 aliphatic carbocycles. The monoisotopic (exact) mass is 493 g/mol. The Labute approximate surface area is 200 Å². The lowest BCUT2D eigenvalue weighted by Gasteiger charge is -2.34. The fourth-order valence-electron chi connectivity index (χ4n) is 4.76. The lowest BCUT2D eigenvalue weighted by molar-refractivity contribution is -0.121. The topological polar surface area (TPSA) is 114 Å². The molecule has 0 unspecified atom stereocenters. The van der Waals surface area contributed by atoms with Crippen LogP contribution in [-0.2, 0) is 28.9 Å². The molecule has 1 aromatic heterocycles. The summed E-state index contributed by atoms with van der Waals surface area (Å²) in [5.41, 5.74) is -0.732. The first kappa shape index (κ1) is 26.1. The van der Waals surface area contributed by atoms with Gasteiger partial charge in [-0.1, -0.05) is 13.8 Å². The Morgan fingerprint density at radius 1 is 1.12 bits per heavy atom. The molecule has 0 radical (unpaired) electrons. The van der Waals surface area contributed by atoms with Crippen molar-refractivity contribution in [2.24, 2.45) is 25.9 Å². The summed E-state index contributed by atoms with van der Waals surface area (Å²) in [6, 6.07) is 4.02. The van der Waals surface area contributed by atoms with Crippen LogP contribution in [0.4, 0.5) is 0 Å². The van der Waals surface area contributed by atoms with Crippen molar-refractivity contribution in [2.45, 2.75) is 31.6 Å². The Hall–Kier alpha value is -2.50. The van der Waals surface area contributed by atoms with Gasteiger partial charge >= 0.3 is 5.69 Å². The number of nitrogens with zero attached hydrogens (tertiary/aromatic N) is 4. The van der Waals surface area contributed by atoms with Gasteiger partial charge in [0.05, 0.1) is 22.3 Å². The number of sulfonamides is 1. The molecule has 3 rings (SSSR count). The van der Waals surface area contributed by atoms with E-state index in [2.05, 4.69) is 24.1 Å². The van der Waals surface area contributed by atoms with E-state index in [-0.39, 0.29) is 22.7 Å². The number of piperidine rings is 1. The Bertz CT molecular complexity index is 1270. The zero-order valence-corrected chi connectivity index (χ0v) is 21.4. The minimum Gasteiger partial charge on any atom is -0.355 e. The third-order valence-electron chi connectivity index (χ3n) is 6.43. The molecule has 0 saturated carbocycles. The number of fused-ring (bicyclic) bond motifs is 1. The van der Waals surface area contributed by atoms with Gasteiger partial charge < -0.3 is 10.2 Å². The van der Waals surface area contributed by atoms with Gasteiger partial charge in [0.15, 0.2) is 0 Å². The number of carbonyl (C=O) groups is 1. The highest BCUT2D eigenvalue weighted by molar-refractivity contribution is 7.89. The van der Waals surface area contributed by atoms with Crippen LogP contribution in [0.25, 0.3) is 10.9 Å². The Morgan fingerprint density at radius 2 is 1.76 bits per heavy atom. The molecule has 1 N–H and O–H groups in total. The molecule has 0 spiro atoms. The summed E-state index contributed by atoms with van der Waals surface area (Å²) in [6.45, 7) is 7.71. The quantitative estimate of drug-likeness (QED) is 0.531. The first-order valence-corrected chi connectivity index (χ1v) is 13.0. The van der Waals surface area contributed by atoms with Crippen molar-refractivity contribution in [3.8, 4) is 0 Å². The van der Waals surface area contributed by atoms with E-state index >= 15 is 0 Å². The number of carbonyl (C=O) groups excluding carboxylic acids is 1. The molecule has 10 nitrogen and oxygen atoms in total. The summed E-state index contributed by atoms with van der Waals surface area (Å²) >= 11 is 0. The third-order valence-corrected chi connectivity index (χ3v) is 8.23. The molecule has 1 aliphatic heterocycles. The average Bonchev–Trinajstić information content (AvgIpc) is 2.78. The molecule has 1 amide bonds. The third kappa shape index (κ3) is 5.59. The molecule has 1 aliphatic rings. The van der Waals surface area contributed by atoms with Gasteiger partial charge in [0.2, 0.25) is 15.9 Å². The predicted molar refractivity (Wildman–Crippen MR) is 131 cm³/mol. The summed E-state index contributed by atoms with van der Waals surface area (Å²) in [5, 5.41) is 2.91. The van der Waals surface area contributed by atoms with Gasteiger partial charge in [-0.3, -0.25) is 18.7 Å². The average molecular weight is 494 g/mol. The van der Waals surface area contributed by atoms with Gasteiger partial charge in [-0.2, -0.15) is 4.31 Å². The van der Waals surface area contributed by atoms with Crippen LogP contribution >= 0.6 is 0 Å². The maximum atomic E-state index is 13.0. The van der Waals surface area contributed by atoms with E-state index in [4.69, 9.17) is 0 Å². The molecular weight excluding hydrogens is 458 g/mol. The second-order valence-electron chi connectivity index (χ2n) is 9.55. The minimum atomic E-state index is -4.01. The number of hydrogen-bond acceptors (Lipinski definition) is 6. The maximum Gasteiger partial charge on any atom is 0.330 e. The Balaban J connectivity index is 1.61. The van der Waals surface area contributed by atoms with E-state index in [0.29, 0.717) is 23.9 Å². The lowest BCUT2D eigenvalue weighted by atomic mass is 9.92. The van der Waals surface area contributed by atoms with E-state index in [1.165, 1.54) is 50.3 Å². The summed E-state index contributed by atoms with van der Waals surface area (Å²) in [5.74, 6) is 0.972. The second-order valence-corrected chi connectivity index (χ2v) is 11.6. The zero-order chi connectivity index (χ0) is 25.2. The molecular formula is C23H35N5O5S. The predicted octanol–water partition coefficient (Wildman–Crippen LogP) is 0.342. The SMILES string of the molecule is C[C@@H]1C[C@@H](C)CN(CCCNC(=O)CN(C)S(=O)(=O)c2ccc3c(c2)c(=O)n(C)c(=O)n3C)C1. The number of hydrogen-bond donors (Lipinski definition) is 1. The number of amides is 1. The van der Waals surface area contributed by atoms with Crippen molar-refractivity contribution in [1.82, 2.24) is 23.7 Å². The van der Waals surface area contributed by atoms with Gasteiger partial charge in [-0.25, -0.2) is 13.2 Å². The van der Waals surface area contributed by atoms with Crippen molar-refractivity contribution in [3.05, 3.63) is 39.0 Å². The van der Waals surface area contributed by atoms with Crippen molar-refractivity contribution < 1.29 is 13.2 Å². The molecule has 1 fully saturated rings. The van der Waals surface area contributed by atoms with Gasteiger partial charge in [-0.15, -0.1) is 0 Å². The minimum absolute atomic E-state index is 0.112. The fraction of sp³-hybridized carbons (Fsp3) is 0.609. The summed E-state index contributed by atoms with van der Waals surface area (Å²) in [6.07, 6.45) is 2.05. The van der Waals surface area contributed by atoms with Crippen LogP contribution in [0, 0.1) is 11.8 Å². The van der Waals surface area contributed by atoms with E-state index in [0.717, 1.165) is 34.9 Å². The van der Waals surface area contributed by atoms with Crippen LogP contribution in [0.5, 0.6) is 0 Å². The Morgan fingerprint density at radius 3 is 2.41 bits per heavy atom. The largest absolute Gasteiger partial charge is 0.355 e. The highest BCUT2D eigenvalue weighted by Gasteiger charge is 2.25. The Kier molecular flexibility index (Phi) is 7.99. The summed E-state index contributed by atoms with van der Waals surface area (Å²) in [7, 11) is 0.175. The second kappa shape index (κ2) is 10.4. The van der Waals surface area contributed by atoms with Crippen LogP contribution in [-0.4, -0.2) is 72.4 Å². The van der Waals surface area contributed by atoms with E-state index in [9.17, 15) is 22.8 Å². The van der Waals surface area contributed by atoms with Crippen LogP contribution in [0.2, 0.25) is 0 Å². The smallest absolute Gasteiger partial charge is 0.330 e. The van der Waals surface area contributed by atoms with Crippen LogP contribution in [0.1, 0.15) is 26.7 Å². The molecule has 1 aromatic carbocycles. The highest BCUT2D eigenvalue weighted by Crippen LogP contribution is 2.21. The first-order valence-electron chi connectivity index (χ1n) is 11.6. The highest BCUT2D eigenvalue weighted by atomic mass is 32.2. The standard InChI is InChI=1S/C23H35N5O5S/c1-16-11-17(2)14-28(13-16)10-6-9-24-21(29)15-25(3)34(32,33)18-7-8-20-19(12-18)22(30)27(5)23(31)26(20)4/h7-8,12,16-17H,6,9-11,13-15H2,1-5H3,(H,24,29)/t16-,17-/m1/s1. The van der Waals surface area contributed by atoms with Crippen LogP contribution in [0.3, 0.4) is 0 Å². The number of nitrogens with one attached hydrogen (secondary N) is 1. The lowest BCUT2D eigenvalue weighted by Crippen LogP contribution is -2.41. The van der Waals surface area contributed by atoms with E-state index in [1.54, 1.807) is 0 Å². The molecule has 188 valence electrons. The molecule has 0 bridgehead atoms. The number of likely N-dealkylation sites (tertiary alicyclic amines) is 1. The van der Waals surface area contributed by atoms with E-state index < -0.39 is 21.3 Å². The number of likely N-dealkylation sites (N-methyl/N-ethyl adjacent to an activating group) is 1. The number of benzene rings is 1. The number of rotatable bonds is 8. The number of aryl methyl sites for hydroxylation is 1. The van der Waals surface area contributed by atoms with Crippen molar-refractivity contribution >= 4 is 26.8 Å². The number of aromatic nitrogens is 2. The van der Waals surface area contributed by atoms with Gasteiger partial charge in [0.25, 0.3) is 5.56 Å².